The monoisotopic (exact) mass is 192 g/mol. The van der Waals surface area contributed by atoms with Crippen LogP contribution in [-0.2, 0) is 4.79 Å². The zero-order valence-electron chi connectivity index (χ0n) is 8.52. The maximum absolute atomic E-state index is 11.5. The third kappa shape index (κ3) is 3.63. The molecular formula is C11H16N2O. The Morgan fingerprint density at radius 1 is 1.71 bits per heavy atom. The fourth-order valence-corrected chi connectivity index (χ4v) is 1.31. The van der Waals surface area contributed by atoms with Crippen LogP contribution in [0, 0.1) is 11.8 Å². The van der Waals surface area contributed by atoms with Gasteiger partial charge < -0.3 is 10.6 Å². The summed E-state index contributed by atoms with van der Waals surface area (Å²) in [6, 6.07) is 0. The van der Waals surface area contributed by atoms with Crippen LogP contribution < -0.4 is 10.6 Å². The molecule has 0 aromatic heterocycles. The lowest BCUT2D eigenvalue weighted by molar-refractivity contribution is -0.117. The molecule has 0 saturated carbocycles. The van der Waals surface area contributed by atoms with Gasteiger partial charge in [-0.25, -0.2) is 0 Å². The average Bonchev–Trinajstić information content (AvgIpc) is 2.25. The summed E-state index contributed by atoms with van der Waals surface area (Å²) in [4.78, 5) is 11.5. The van der Waals surface area contributed by atoms with Crippen molar-refractivity contribution < 1.29 is 4.79 Å². The molecule has 0 aromatic rings. The molecule has 0 bridgehead atoms. The summed E-state index contributed by atoms with van der Waals surface area (Å²) in [6.45, 7) is 4.15. The van der Waals surface area contributed by atoms with Gasteiger partial charge in [-0.3, -0.25) is 4.79 Å². The quantitative estimate of drug-likeness (QED) is 0.503. The van der Waals surface area contributed by atoms with Crippen LogP contribution in [0.25, 0.3) is 0 Å². The van der Waals surface area contributed by atoms with E-state index < -0.39 is 0 Å². The van der Waals surface area contributed by atoms with Crippen molar-refractivity contribution in [3.05, 3.63) is 11.6 Å². The summed E-state index contributed by atoms with van der Waals surface area (Å²) in [5.74, 6) is 5.76. The molecule has 1 amide bonds. The second-order valence-corrected chi connectivity index (χ2v) is 3.12. The first-order chi connectivity index (χ1) is 6.84. The fourth-order valence-electron chi connectivity index (χ4n) is 1.31. The molecule has 3 heteroatoms. The molecule has 76 valence electrons. The normalized spacial score (nSPS) is 15.1. The Bertz CT molecular complexity index is 283. The molecule has 0 radical (unpaired) electrons. The highest BCUT2D eigenvalue weighted by molar-refractivity contribution is 5.93. The number of carbonyl (C=O) groups is 1. The molecule has 0 aliphatic carbocycles. The van der Waals surface area contributed by atoms with Crippen LogP contribution in [0.5, 0.6) is 0 Å². The number of carbonyl (C=O) groups excluding carboxylic acids is 1. The molecule has 2 N–H and O–H groups in total. The number of hydrogen-bond acceptors (Lipinski definition) is 2. The van der Waals surface area contributed by atoms with Crippen LogP contribution in [0.15, 0.2) is 11.6 Å². The molecular weight excluding hydrogens is 176 g/mol. The van der Waals surface area contributed by atoms with Crippen molar-refractivity contribution in [1.29, 1.82) is 0 Å². The minimum absolute atomic E-state index is 0.0596. The Hall–Kier alpha value is -1.27. The molecule has 3 nitrogen and oxygen atoms in total. The lowest BCUT2D eigenvalue weighted by Gasteiger charge is -2.13. The van der Waals surface area contributed by atoms with Crippen molar-refractivity contribution in [2.45, 2.75) is 19.8 Å². The molecule has 1 heterocycles. The van der Waals surface area contributed by atoms with Gasteiger partial charge in [0, 0.05) is 25.1 Å². The Kier molecular flexibility index (Phi) is 4.81. The van der Waals surface area contributed by atoms with Gasteiger partial charge in [0.1, 0.15) is 0 Å². The number of nitrogens with one attached hydrogen (secondary N) is 2. The van der Waals surface area contributed by atoms with E-state index in [1.165, 1.54) is 0 Å². The minimum Gasteiger partial charge on any atom is -0.351 e. The van der Waals surface area contributed by atoms with Crippen LogP contribution >= 0.6 is 0 Å². The topological polar surface area (TPSA) is 41.1 Å². The van der Waals surface area contributed by atoms with Crippen LogP contribution in [0.3, 0.4) is 0 Å². The molecule has 1 aliphatic heterocycles. The van der Waals surface area contributed by atoms with Crippen molar-refractivity contribution in [3.63, 3.8) is 0 Å². The second-order valence-electron chi connectivity index (χ2n) is 3.12. The standard InChI is InChI=1S/C11H16N2O/c1-2-3-4-7-13-11(14)10-5-8-12-9-6-10/h5,12H,4,6-9H2,1H3,(H,13,14). The van der Waals surface area contributed by atoms with Gasteiger partial charge >= 0.3 is 0 Å². The summed E-state index contributed by atoms with van der Waals surface area (Å²) in [7, 11) is 0. The van der Waals surface area contributed by atoms with E-state index in [9.17, 15) is 4.79 Å². The van der Waals surface area contributed by atoms with E-state index in [-0.39, 0.29) is 5.91 Å². The van der Waals surface area contributed by atoms with Gasteiger partial charge in [-0.2, -0.15) is 0 Å². The minimum atomic E-state index is 0.0596. The second kappa shape index (κ2) is 6.22. The Morgan fingerprint density at radius 2 is 2.57 bits per heavy atom. The van der Waals surface area contributed by atoms with Crippen LogP contribution in [0.4, 0.5) is 0 Å². The number of hydrogen-bond donors (Lipinski definition) is 2. The van der Waals surface area contributed by atoms with E-state index >= 15 is 0 Å². The highest BCUT2D eigenvalue weighted by Gasteiger charge is 2.10. The van der Waals surface area contributed by atoms with E-state index in [1.54, 1.807) is 6.92 Å². The van der Waals surface area contributed by atoms with E-state index in [2.05, 4.69) is 22.5 Å². The van der Waals surface area contributed by atoms with Gasteiger partial charge in [-0.1, -0.05) is 6.08 Å². The van der Waals surface area contributed by atoms with E-state index in [0.717, 1.165) is 31.5 Å². The molecule has 1 aliphatic rings. The van der Waals surface area contributed by atoms with Gasteiger partial charge in [-0.05, 0) is 19.9 Å². The molecule has 0 fully saturated rings. The summed E-state index contributed by atoms with van der Waals surface area (Å²) in [5, 5.41) is 6.02. The Morgan fingerprint density at radius 3 is 3.21 bits per heavy atom. The summed E-state index contributed by atoms with van der Waals surface area (Å²) < 4.78 is 0. The van der Waals surface area contributed by atoms with Crippen molar-refractivity contribution in [2.24, 2.45) is 0 Å². The van der Waals surface area contributed by atoms with Crippen molar-refractivity contribution >= 4 is 5.91 Å². The molecule has 1 rings (SSSR count). The fraction of sp³-hybridized carbons (Fsp3) is 0.545. The third-order valence-corrected chi connectivity index (χ3v) is 2.07. The summed E-state index contributed by atoms with van der Waals surface area (Å²) in [5.41, 5.74) is 0.896. The summed E-state index contributed by atoms with van der Waals surface area (Å²) >= 11 is 0. The van der Waals surface area contributed by atoms with Gasteiger partial charge in [-0.15, -0.1) is 11.8 Å². The maximum atomic E-state index is 11.5. The highest BCUT2D eigenvalue weighted by Crippen LogP contribution is 2.03. The van der Waals surface area contributed by atoms with Crippen LogP contribution in [0.1, 0.15) is 19.8 Å². The maximum Gasteiger partial charge on any atom is 0.247 e. The third-order valence-electron chi connectivity index (χ3n) is 2.07. The van der Waals surface area contributed by atoms with Crippen molar-refractivity contribution in [3.8, 4) is 11.8 Å². The van der Waals surface area contributed by atoms with Crippen LogP contribution in [-0.4, -0.2) is 25.5 Å². The predicted molar refractivity (Wildman–Crippen MR) is 56.6 cm³/mol. The Labute approximate surface area is 85.0 Å². The highest BCUT2D eigenvalue weighted by atomic mass is 16.1. The first-order valence-electron chi connectivity index (χ1n) is 4.92. The van der Waals surface area contributed by atoms with E-state index in [0.29, 0.717) is 6.54 Å². The summed E-state index contributed by atoms with van der Waals surface area (Å²) in [6.07, 6.45) is 3.50. The van der Waals surface area contributed by atoms with Gasteiger partial charge in [0.25, 0.3) is 0 Å². The van der Waals surface area contributed by atoms with E-state index in [1.807, 2.05) is 6.08 Å². The number of rotatable bonds is 3. The average molecular weight is 192 g/mol. The van der Waals surface area contributed by atoms with Gasteiger partial charge in [0.05, 0.1) is 0 Å². The first-order valence-corrected chi connectivity index (χ1v) is 4.92. The first kappa shape index (κ1) is 10.8. The van der Waals surface area contributed by atoms with Crippen molar-refractivity contribution in [2.75, 3.05) is 19.6 Å². The zero-order valence-corrected chi connectivity index (χ0v) is 8.52. The lowest BCUT2D eigenvalue weighted by atomic mass is 10.1. The van der Waals surface area contributed by atoms with Crippen molar-refractivity contribution in [1.82, 2.24) is 10.6 Å². The van der Waals surface area contributed by atoms with Gasteiger partial charge in [0.2, 0.25) is 5.91 Å². The zero-order chi connectivity index (χ0) is 10.2. The molecule has 0 atom stereocenters. The molecule has 0 spiro atoms. The largest absolute Gasteiger partial charge is 0.351 e. The SMILES string of the molecule is CC#CCCNC(=O)C1=CCNCC1. The predicted octanol–water partition coefficient (Wildman–Crippen LogP) is 0.436. The molecule has 0 saturated heterocycles. The smallest absolute Gasteiger partial charge is 0.247 e. The van der Waals surface area contributed by atoms with Gasteiger partial charge in [0.15, 0.2) is 0 Å². The number of amides is 1. The van der Waals surface area contributed by atoms with Crippen LogP contribution in [0.2, 0.25) is 0 Å². The molecule has 0 aromatic carbocycles. The lowest BCUT2D eigenvalue weighted by Crippen LogP contribution is -2.31. The molecule has 14 heavy (non-hydrogen) atoms. The molecule has 0 unspecified atom stereocenters. The Balaban J connectivity index is 2.26. The van der Waals surface area contributed by atoms with E-state index in [4.69, 9.17) is 0 Å².